The fourth-order valence-electron chi connectivity index (χ4n) is 5.93. The zero-order valence-corrected chi connectivity index (χ0v) is 30.2. The summed E-state index contributed by atoms with van der Waals surface area (Å²) in [6.07, 6.45) is 7.06. The number of pyridine rings is 1. The van der Waals surface area contributed by atoms with Gasteiger partial charge in [-0.2, -0.15) is 0 Å². The van der Waals surface area contributed by atoms with Crippen LogP contribution < -0.4 is 26.0 Å². The number of Topliss-reactive ketones (excluding diaryl/α,β-unsaturated/α-hetero) is 1. The molecule has 2 aliphatic rings. The Hall–Kier alpha value is -4.79. The summed E-state index contributed by atoms with van der Waals surface area (Å²) in [6, 6.07) is -0.0384. The summed E-state index contributed by atoms with van der Waals surface area (Å²) in [5, 5.41) is 10.8. The first kappa shape index (κ1) is 36.5. The molecule has 15 heteroatoms. The Balaban J connectivity index is 1.43. The topological polar surface area (TPSA) is 177 Å². The third kappa shape index (κ3) is 8.49. The van der Waals surface area contributed by atoms with Crippen LogP contribution in [0.15, 0.2) is 43.1 Å². The monoisotopic (exact) mass is 706 g/mol. The minimum Gasteiger partial charge on any atom is -0.487 e. The van der Waals surface area contributed by atoms with Gasteiger partial charge in [-0.25, -0.2) is 9.78 Å². The normalized spacial score (nSPS) is 18.6. The largest absolute Gasteiger partial charge is 0.487 e. The number of imidazole rings is 1. The highest BCUT2D eigenvalue weighted by Crippen LogP contribution is 2.38. The number of nitrogens with zero attached hydrogens (tertiary/aromatic N) is 4. The number of aromatic nitrogens is 3. The lowest BCUT2D eigenvalue weighted by Crippen LogP contribution is -2.60. The molecular weight excluding hydrogens is 661 g/mol. The SMILES string of the molecule is C=C(C)NC(=O)N[C@H](C(=O)N1C[C@H](Oc2ccnc3cc(-c4cncn4C)sc23)C[C@H]1C(=O)N[C@@H](CCC)C(=O)C(=O)NC1CC1)C(C)(C)C. The van der Waals surface area contributed by atoms with Crippen LogP contribution in [0.1, 0.15) is 66.7 Å². The number of ketones is 1. The summed E-state index contributed by atoms with van der Waals surface area (Å²) in [5.74, 6) is -1.96. The van der Waals surface area contributed by atoms with Crippen molar-refractivity contribution in [2.75, 3.05) is 6.54 Å². The van der Waals surface area contributed by atoms with Crippen molar-refractivity contribution < 1.29 is 28.7 Å². The van der Waals surface area contributed by atoms with E-state index in [1.54, 1.807) is 31.7 Å². The summed E-state index contributed by atoms with van der Waals surface area (Å²) in [4.78, 5) is 78.1. The number of ether oxygens (including phenoxy) is 1. The van der Waals surface area contributed by atoms with Crippen LogP contribution in [-0.4, -0.2) is 85.8 Å². The maximum atomic E-state index is 14.4. The molecule has 5 amide bonds. The second kappa shape index (κ2) is 15.0. The number of carbonyl (C=O) groups excluding carboxylic acids is 5. The van der Waals surface area contributed by atoms with E-state index in [1.807, 2.05) is 45.4 Å². The van der Waals surface area contributed by atoms with E-state index in [2.05, 4.69) is 37.8 Å². The average Bonchev–Trinajstić information content (AvgIpc) is 3.39. The molecule has 1 aliphatic carbocycles. The van der Waals surface area contributed by atoms with E-state index < -0.39 is 59.2 Å². The number of thiophene rings is 1. The van der Waals surface area contributed by atoms with Crippen molar-refractivity contribution in [1.29, 1.82) is 0 Å². The van der Waals surface area contributed by atoms with E-state index in [0.717, 1.165) is 33.6 Å². The molecule has 4 heterocycles. The van der Waals surface area contributed by atoms with Crippen molar-refractivity contribution in [3.05, 3.63) is 43.1 Å². The number of aryl methyl sites for hydroxylation is 1. The predicted molar refractivity (Wildman–Crippen MR) is 189 cm³/mol. The zero-order valence-electron chi connectivity index (χ0n) is 29.4. The van der Waals surface area contributed by atoms with Crippen molar-refractivity contribution in [3.63, 3.8) is 0 Å². The standard InChI is InChI=1S/C35H46N8O6S/c1-8-9-22(28(44)32(46)39-20-10-11-20)40-31(45)24-14-21(17-43(24)33(47)30(35(4,5)6)41-34(48)38-19(2)3)49-26-12-13-37-23-15-27(50-29(23)26)25-16-36-18-42(25)7/h12-13,15-16,18,20-22,24,30H,2,8-11,14,17H2,1,3-7H3,(H,39,46)(H,40,45)(H2,38,41,48)/t21-,22+,24+,30-/m1/s1. The van der Waals surface area contributed by atoms with Crippen LogP contribution in [0.5, 0.6) is 5.75 Å². The fraction of sp³-hybridized carbons (Fsp3) is 0.514. The van der Waals surface area contributed by atoms with Crippen LogP contribution in [0, 0.1) is 5.41 Å². The number of rotatable bonds is 13. The molecule has 3 aromatic rings. The van der Waals surface area contributed by atoms with Gasteiger partial charge in [0.1, 0.15) is 23.9 Å². The highest BCUT2D eigenvalue weighted by molar-refractivity contribution is 7.22. The first-order valence-electron chi connectivity index (χ1n) is 16.9. The van der Waals surface area contributed by atoms with E-state index in [4.69, 9.17) is 4.74 Å². The van der Waals surface area contributed by atoms with Gasteiger partial charge in [-0.1, -0.05) is 40.7 Å². The Bertz CT molecular complexity index is 1790. The van der Waals surface area contributed by atoms with E-state index >= 15 is 0 Å². The number of nitrogens with one attached hydrogen (secondary N) is 4. The third-order valence-corrected chi connectivity index (χ3v) is 9.81. The van der Waals surface area contributed by atoms with E-state index in [0.29, 0.717) is 17.9 Å². The third-order valence-electron chi connectivity index (χ3n) is 8.65. The van der Waals surface area contributed by atoms with Gasteiger partial charge in [-0.3, -0.25) is 24.2 Å². The maximum Gasteiger partial charge on any atom is 0.319 e. The maximum absolute atomic E-state index is 14.4. The summed E-state index contributed by atoms with van der Waals surface area (Å²) >= 11 is 1.50. The molecule has 1 aliphatic heterocycles. The molecule has 0 bridgehead atoms. The first-order chi connectivity index (χ1) is 23.7. The molecule has 1 saturated heterocycles. The molecule has 0 spiro atoms. The Morgan fingerprint density at radius 1 is 1.16 bits per heavy atom. The lowest BCUT2D eigenvalue weighted by Gasteiger charge is -2.35. The van der Waals surface area contributed by atoms with Gasteiger partial charge < -0.3 is 35.5 Å². The number of carbonyl (C=O) groups is 5. The molecule has 4 atom stereocenters. The minimum atomic E-state index is -1.06. The Kier molecular flexibility index (Phi) is 10.9. The highest BCUT2D eigenvalue weighted by atomic mass is 32.1. The summed E-state index contributed by atoms with van der Waals surface area (Å²) < 4.78 is 9.25. The Morgan fingerprint density at radius 3 is 2.52 bits per heavy atom. The number of urea groups is 1. The van der Waals surface area contributed by atoms with Crippen molar-refractivity contribution in [1.82, 2.24) is 40.7 Å². The Morgan fingerprint density at radius 2 is 1.90 bits per heavy atom. The number of fused-ring (bicyclic) bond motifs is 1. The number of allylic oxidation sites excluding steroid dienone is 1. The van der Waals surface area contributed by atoms with Gasteiger partial charge in [-0.05, 0) is 43.7 Å². The van der Waals surface area contributed by atoms with Crippen LogP contribution >= 0.6 is 11.3 Å². The lowest BCUT2D eigenvalue weighted by molar-refractivity contribution is -0.144. The quantitative estimate of drug-likeness (QED) is 0.196. The average molecular weight is 707 g/mol. The van der Waals surface area contributed by atoms with Crippen LogP contribution in [0.2, 0.25) is 0 Å². The van der Waals surface area contributed by atoms with Crippen molar-refractivity contribution in [2.24, 2.45) is 12.5 Å². The predicted octanol–water partition coefficient (Wildman–Crippen LogP) is 3.43. The molecular formula is C35H46N8O6S. The lowest BCUT2D eigenvalue weighted by atomic mass is 9.85. The molecule has 1 saturated carbocycles. The van der Waals surface area contributed by atoms with E-state index in [1.165, 1.54) is 16.2 Å². The molecule has 0 unspecified atom stereocenters. The number of amides is 5. The molecule has 268 valence electrons. The van der Waals surface area contributed by atoms with Crippen molar-refractivity contribution >= 4 is 51.1 Å². The van der Waals surface area contributed by atoms with Crippen LogP contribution in [-0.2, 0) is 26.2 Å². The van der Waals surface area contributed by atoms with Crippen molar-refractivity contribution in [2.45, 2.75) is 97.0 Å². The Labute approximate surface area is 295 Å². The summed E-state index contributed by atoms with van der Waals surface area (Å²) in [5.41, 5.74) is 1.30. The molecule has 0 aromatic carbocycles. The first-order valence-corrected chi connectivity index (χ1v) is 17.7. The molecule has 2 fully saturated rings. The van der Waals surface area contributed by atoms with Gasteiger partial charge in [0.2, 0.25) is 17.6 Å². The van der Waals surface area contributed by atoms with Crippen molar-refractivity contribution in [3.8, 4) is 16.3 Å². The molecule has 14 nitrogen and oxygen atoms in total. The van der Waals surface area contributed by atoms with Gasteiger partial charge in [0, 0.05) is 31.4 Å². The van der Waals surface area contributed by atoms with E-state index in [-0.39, 0.29) is 25.4 Å². The van der Waals surface area contributed by atoms with Crippen LogP contribution in [0.3, 0.4) is 0 Å². The highest BCUT2D eigenvalue weighted by Gasteiger charge is 2.46. The molecule has 50 heavy (non-hydrogen) atoms. The second-order valence-corrected chi connectivity index (χ2v) is 15.2. The van der Waals surface area contributed by atoms with Gasteiger partial charge >= 0.3 is 6.03 Å². The minimum absolute atomic E-state index is 0.0163. The van der Waals surface area contributed by atoms with E-state index in [9.17, 15) is 24.0 Å². The van der Waals surface area contributed by atoms with Crippen LogP contribution in [0.25, 0.3) is 20.8 Å². The van der Waals surface area contributed by atoms with Gasteiger partial charge in [0.25, 0.3) is 5.91 Å². The molecule has 3 aromatic heterocycles. The fourth-order valence-corrected chi connectivity index (χ4v) is 7.05. The number of hydrogen-bond acceptors (Lipinski definition) is 9. The summed E-state index contributed by atoms with van der Waals surface area (Å²) in [6.45, 7) is 12.7. The zero-order chi connectivity index (χ0) is 36.3. The summed E-state index contributed by atoms with van der Waals surface area (Å²) in [7, 11) is 1.91. The number of likely N-dealkylation sites (tertiary alicyclic amines) is 1. The van der Waals surface area contributed by atoms with Gasteiger partial charge in [-0.15, -0.1) is 11.3 Å². The van der Waals surface area contributed by atoms with Crippen LogP contribution in [0.4, 0.5) is 4.79 Å². The second-order valence-electron chi connectivity index (χ2n) is 14.1. The number of hydrogen-bond donors (Lipinski definition) is 4. The van der Waals surface area contributed by atoms with Gasteiger partial charge in [0.15, 0.2) is 0 Å². The smallest absolute Gasteiger partial charge is 0.319 e. The molecule has 5 rings (SSSR count). The molecule has 4 N–H and O–H groups in total. The molecule has 0 radical (unpaired) electrons. The van der Waals surface area contributed by atoms with Gasteiger partial charge in [0.05, 0.1) is 45.9 Å².